The molecule has 108 valence electrons. The molecular formula is C15H26N2O2. The summed E-state index contributed by atoms with van der Waals surface area (Å²) in [5, 5.41) is 13.2. The van der Waals surface area contributed by atoms with Gasteiger partial charge in [-0.2, -0.15) is 0 Å². The van der Waals surface area contributed by atoms with Gasteiger partial charge in [0.1, 0.15) is 5.75 Å². The van der Waals surface area contributed by atoms with E-state index in [0.29, 0.717) is 19.0 Å². The maximum absolute atomic E-state index is 9.98. The van der Waals surface area contributed by atoms with E-state index in [1.165, 1.54) is 0 Å². The average molecular weight is 266 g/mol. The van der Waals surface area contributed by atoms with Crippen LogP contribution in [0, 0.1) is 5.92 Å². The predicted octanol–water partition coefficient (Wildman–Crippen LogP) is 1.74. The van der Waals surface area contributed by atoms with Crippen molar-refractivity contribution in [3.63, 3.8) is 0 Å². The van der Waals surface area contributed by atoms with E-state index in [9.17, 15) is 5.11 Å². The van der Waals surface area contributed by atoms with E-state index in [0.717, 1.165) is 18.0 Å². The van der Waals surface area contributed by atoms with Gasteiger partial charge in [-0.25, -0.2) is 0 Å². The molecule has 0 radical (unpaired) electrons. The van der Waals surface area contributed by atoms with Gasteiger partial charge < -0.3 is 20.1 Å². The summed E-state index contributed by atoms with van der Waals surface area (Å²) in [6.45, 7) is 6.45. The Hall–Kier alpha value is -1.26. The lowest BCUT2D eigenvalue weighted by Crippen LogP contribution is -2.37. The molecule has 19 heavy (non-hydrogen) atoms. The van der Waals surface area contributed by atoms with Crippen LogP contribution in [0.4, 0.5) is 5.69 Å². The molecule has 1 rings (SSSR count). The number of nitrogens with zero attached hydrogens (tertiary/aromatic N) is 1. The van der Waals surface area contributed by atoms with E-state index in [2.05, 4.69) is 19.2 Å². The van der Waals surface area contributed by atoms with E-state index >= 15 is 0 Å². The van der Waals surface area contributed by atoms with Gasteiger partial charge >= 0.3 is 0 Å². The van der Waals surface area contributed by atoms with Crippen LogP contribution in [0.3, 0.4) is 0 Å². The zero-order chi connectivity index (χ0) is 14.3. The lowest BCUT2D eigenvalue weighted by Gasteiger charge is -2.23. The van der Waals surface area contributed by atoms with Gasteiger partial charge in [0, 0.05) is 31.9 Å². The first kappa shape index (κ1) is 15.8. The van der Waals surface area contributed by atoms with Gasteiger partial charge in [0.2, 0.25) is 0 Å². The number of methoxy groups -OCH3 is 1. The summed E-state index contributed by atoms with van der Waals surface area (Å²) in [6.07, 6.45) is -0.380. The molecule has 0 heterocycles. The fourth-order valence-electron chi connectivity index (χ4n) is 1.87. The minimum absolute atomic E-state index is 0.380. The van der Waals surface area contributed by atoms with Gasteiger partial charge in [-0.1, -0.05) is 19.9 Å². The predicted molar refractivity (Wildman–Crippen MR) is 80.0 cm³/mol. The molecule has 0 aromatic heterocycles. The molecular weight excluding hydrogens is 240 g/mol. The van der Waals surface area contributed by atoms with Crippen LogP contribution >= 0.6 is 0 Å². The first-order valence-corrected chi connectivity index (χ1v) is 6.77. The van der Waals surface area contributed by atoms with Crippen molar-refractivity contribution >= 4 is 5.69 Å². The molecule has 0 aliphatic heterocycles. The summed E-state index contributed by atoms with van der Waals surface area (Å²) in [5.74, 6) is 1.43. The van der Waals surface area contributed by atoms with Gasteiger partial charge in [0.15, 0.2) is 0 Å². The molecule has 2 N–H and O–H groups in total. The summed E-state index contributed by atoms with van der Waals surface area (Å²) in [4.78, 5) is 2.03. The molecule has 1 aromatic rings. The van der Waals surface area contributed by atoms with Gasteiger partial charge in [0.25, 0.3) is 0 Å². The third kappa shape index (κ3) is 5.94. The minimum atomic E-state index is -0.380. The highest BCUT2D eigenvalue weighted by Crippen LogP contribution is 2.19. The molecule has 0 aliphatic rings. The van der Waals surface area contributed by atoms with Crippen LogP contribution in [0.2, 0.25) is 0 Å². The SMILES string of the molecule is COc1cccc(N(C)CC(O)CNCC(C)C)c1. The quantitative estimate of drug-likeness (QED) is 0.752. The topological polar surface area (TPSA) is 44.7 Å². The van der Waals surface area contributed by atoms with Crippen molar-refractivity contribution in [2.24, 2.45) is 5.92 Å². The van der Waals surface area contributed by atoms with Crippen molar-refractivity contribution in [1.82, 2.24) is 5.32 Å². The largest absolute Gasteiger partial charge is 0.497 e. The van der Waals surface area contributed by atoms with E-state index in [1.54, 1.807) is 7.11 Å². The van der Waals surface area contributed by atoms with Crippen molar-refractivity contribution in [1.29, 1.82) is 0 Å². The fraction of sp³-hybridized carbons (Fsp3) is 0.600. The molecule has 0 aliphatic carbocycles. The van der Waals surface area contributed by atoms with Crippen LogP contribution < -0.4 is 15.0 Å². The van der Waals surface area contributed by atoms with Gasteiger partial charge in [0.05, 0.1) is 13.2 Å². The van der Waals surface area contributed by atoms with Crippen molar-refractivity contribution < 1.29 is 9.84 Å². The molecule has 0 bridgehead atoms. The third-order valence-corrected chi connectivity index (χ3v) is 2.91. The third-order valence-electron chi connectivity index (χ3n) is 2.91. The molecule has 4 heteroatoms. The summed E-state index contributed by atoms with van der Waals surface area (Å²) >= 11 is 0. The van der Waals surface area contributed by atoms with Crippen LogP contribution in [0.5, 0.6) is 5.75 Å². The molecule has 0 fully saturated rings. The van der Waals surface area contributed by atoms with E-state index in [-0.39, 0.29) is 6.10 Å². The molecule has 0 amide bonds. The highest BCUT2D eigenvalue weighted by Gasteiger charge is 2.09. The zero-order valence-corrected chi connectivity index (χ0v) is 12.4. The number of ether oxygens (including phenoxy) is 1. The monoisotopic (exact) mass is 266 g/mol. The maximum Gasteiger partial charge on any atom is 0.120 e. The number of likely N-dealkylation sites (N-methyl/N-ethyl adjacent to an activating group) is 1. The highest BCUT2D eigenvalue weighted by atomic mass is 16.5. The van der Waals surface area contributed by atoms with Crippen molar-refractivity contribution in [2.45, 2.75) is 20.0 Å². The van der Waals surface area contributed by atoms with Crippen molar-refractivity contribution in [3.05, 3.63) is 24.3 Å². The molecule has 0 saturated heterocycles. The Kier molecular flexibility index (Phi) is 6.67. The molecule has 0 saturated carbocycles. The zero-order valence-electron chi connectivity index (χ0n) is 12.4. The van der Waals surface area contributed by atoms with Crippen molar-refractivity contribution in [3.8, 4) is 5.75 Å². The molecule has 0 spiro atoms. The number of aliphatic hydroxyl groups is 1. The van der Waals surface area contributed by atoms with Crippen LogP contribution in [-0.2, 0) is 0 Å². The maximum atomic E-state index is 9.98. The second-order valence-corrected chi connectivity index (χ2v) is 5.29. The van der Waals surface area contributed by atoms with Crippen LogP contribution in [0.25, 0.3) is 0 Å². The number of hydrogen-bond acceptors (Lipinski definition) is 4. The lowest BCUT2D eigenvalue weighted by atomic mass is 10.2. The Morgan fingerprint density at radius 3 is 2.68 bits per heavy atom. The summed E-state index contributed by atoms with van der Waals surface area (Å²) < 4.78 is 5.20. The molecule has 1 aromatic carbocycles. The first-order valence-electron chi connectivity index (χ1n) is 6.77. The summed E-state index contributed by atoms with van der Waals surface area (Å²) in [6, 6.07) is 7.84. The van der Waals surface area contributed by atoms with Crippen molar-refractivity contribution in [2.75, 3.05) is 38.7 Å². The number of hydrogen-bond donors (Lipinski definition) is 2. The molecule has 1 unspecified atom stereocenters. The standard InChI is InChI=1S/C15H26N2O2/c1-12(2)9-16-10-14(18)11-17(3)13-6-5-7-15(8-13)19-4/h5-8,12,14,16,18H,9-11H2,1-4H3. The van der Waals surface area contributed by atoms with Crippen LogP contribution in [-0.4, -0.2) is 45.0 Å². The number of aliphatic hydroxyl groups excluding tert-OH is 1. The van der Waals surface area contributed by atoms with E-state index < -0.39 is 0 Å². The van der Waals surface area contributed by atoms with Crippen LogP contribution in [0.1, 0.15) is 13.8 Å². The number of benzene rings is 1. The Morgan fingerprint density at radius 2 is 2.05 bits per heavy atom. The highest BCUT2D eigenvalue weighted by molar-refractivity contribution is 5.50. The summed E-state index contributed by atoms with van der Waals surface area (Å²) in [7, 11) is 3.63. The van der Waals surface area contributed by atoms with Crippen LogP contribution in [0.15, 0.2) is 24.3 Å². The normalized spacial score (nSPS) is 12.5. The number of anilines is 1. The second-order valence-electron chi connectivity index (χ2n) is 5.29. The van der Waals surface area contributed by atoms with E-state index in [4.69, 9.17) is 4.74 Å². The van der Waals surface area contributed by atoms with Gasteiger partial charge in [-0.3, -0.25) is 0 Å². The smallest absolute Gasteiger partial charge is 0.120 e. The summed E-state index contributed by atoms with van der Waals surface area (Å²) in [5.41, 5.74) is 1.04. The number of rotatable bonds is 8. The molecule has 1 atom stereocenters. The fourth-order valence-corrected chi connectivity index (χ4v) is 1.87. The first-order chi connectivity index (χ1) is 9.02. The Balaban J connectivity index is 2.42. The Bertz CT molecular complexity index is 369. The Labute approximate surface area is 116 Å². The van der Waals surface area contributed by atoms with Gasteiger partial charge in [-0.05, 0) is 24.6 Å². The second kappa shape index (κ2) is 8.02. The van der Waals surface area contributed by atoms with E-state index in [1.807, 2.05) is 36.2 Å². The number of nitrogens with one attached hydrogen (secondary N) is 1. The Morgan fingerprint density at radius 1 is 1.32 bits per heavy atom. The van der Waals surface area contributed by atoms with Gasteiger partial charge in [-0.15, -0.1) is 0 Å². The molecule has 4 nitrogen and oxygen atoms in total. The average Bonchev–Trinajstić information content (AvgIpc) is 2.38. The minimum Gasteiger partial charge on any atom is -0.497 e. The lowest BCUT2D eigenvalue weighted by molar-refractivity contribution is 0.177.